The van der Waals surface area contributed by atoms with Crippen molar-refractivity contribution >= 4 is 5.82 Å². The van der Waals surface area contributed by atoms with Crippen molar-refractivity contribution < 1.29 is 0 Å². The minimum atomic E-state index is 0.259. The molecule has 0 radical (unpaired) electrons. The SMILES string of the molecule is Cc1cc(NC2(C)CCC2)nc(C(C)C)n1. The molecule has 0 spiro atoms. The van der Waals surface area contributed by atoms with Crippen molar-refractivity contribution in [3.8, 4) is 0 Å². The minimum absolute atomic E-state index is 0.259. The molecule has 0 aromatic carbocycles. The van der Waals surface area contributed by atoms with Crippen LogP contribution in [0.3, 0.4) is 0 Å². The average Bonchev–Trinajstić information content (AvgIpc) is 2.14. The van der Waals surface area contributed by atoms with Gasteiger partial charge in [0.25, 0.3) is 0 Å². The quantitative estimate of drug-likeness (QED) is 0.848. The number of aryl methyl sites for hydroxylation is 1. The monoisotopic (exact) mass is 219 g/mol. The number of nitrogens with zero attached hydrogens (tertiary/aromatic N) is 2. The number of hydrogen-bond acceptors (Lipinski definition) is 3. The molecule has 0 atom stereocenters. The van der Waals surface area contributed by atoms with E-state index in [0.29, 0.717) is 5.92 Å². The van der Waals surface area contributed by atoms with E-state index in [1.807, 2.05) is 13.0 Å². The molecule has 0 aliphatic heterocycles. The molecule has 1 aromatic heterocycles. The summed E-state index contributed by atoms with van der Waals surface area (Å²) in [6.45, 7) is 8.55. The Labute approximate surface area is 97.7 Å². The highest BCUT2D eigenvalue weighted by Gasteiger charge is 2.31. The smallest absolute Gasteiger partial charge is 0.133 e. The topological polar surface area (TPSA) is 37.8 Å². The molecular formula is C13H21N3. The Morgan fingerprint density at radius 1 is 1.31 bits per heavy atom. The maximum Gasteiger partial charge on any atom is 0.133 e. The molecule has 3 heteroatoms. The van der Waals surface area contributed by atoms with Crippen LogP contribution in [0, 0.1) is 6.92 Å². The van der Waals surface area contributed by atoms with Crippen molar-refractivity contribution in [1.82, 2.24) is 9.97 Å². The lowest BCUT2D eigenvalue weighted by Gasteiger charge is -2.39. The van der Waals surface area contributed by atoms with Crippen LogP contribution in [0.5, 0.6) is 0 Å². The molecule has 0 saturated heterocycles. The molecule has 0 bridgehead atoms. The molecule has 1 fully saturated rings. The second-order valence-corrected chi connectivity index (χ2v) is 5.45. The Balaban J connectivity index is 2.20. The normalized spacial score (nSPS) is 18.3. The van der Waals surface area contributed by atoms with Crippen molar-refractivity contribution in [2.45, 2.75) is 58.4 Å². The Bertz CT molecular complexity index is 381. The summed E-state index contributed by atoms with van der Waals surface area (Å²) in [4.78, 5) is 9.03. The lowest BCUT2D eigenvalue weighted by molar-refractivity contribution is 0.305. The first-order valence-corrected chi connectivity index (χ1v) is 6.12. The number of hydrogen-bond donors (Lipinski definition) is 1. The van der Waals surface area contributed by atoms with E-state index in [4.69, 9.17) is 0 Å². The molecule has 1 aliphatic carbocycles. The Morgan fingerprint density at radius 2 is 2.00 bits per heavy atom. The summed E-state index contributed by atoms with van der Waals surface area (Å²) < 4.78 is 0. The molecule has 1 N–H and O–H groups in total. The zero-order chi connectivity index (χ0) is 11.8. The fraction of sp³-hybridized carbons (Fsp3) is 0.692. The van der Waals surface area contributed by atoms with Crippen LogP contribution in [0.15, 0.2) is 6.07 Å². The van der Waals surface area contributed by atoms with Crippen molar-refractivity contribution in [1.29, 1.82) is 0 Å². The minimum Gasteiger partial charge on any atom is -0.365 e. The van der Waals surface area contributed by atoms with Gasteiger partial charge in [0.2, 0.25) is 0 Å². The summed E-state index contributed by atoms with van der Waals surface area (Å²) >= 11 is 0. The van der Waals surface area contributed by atoms with Gasteiger partial charge in [0.05, 0.1) is 0 Å². The maximum atomic E-state index is 4.58. The highest BCUT2D eigenvalue weighted by atomic mass is 15.1. The van der Waals surface area contributed by atoms with E-state index >= 15 is 0 Å². The number of nitrogens with one attached hydrogen (secondary N) is 1. The first-order valence-electron chi connectivity index (χ1n) is 6.12. The van der Waals surface area contributed by atoms with Gasteiger partial charge in [0.1, 0.15) is 11.6 Å². The van der Waals surface area contributed by atoms with Crippen LogP contribution >= 0.6 is 0 Å². The third-order valence-electron chi connectivity index (χ3n) is 3.27. The predicted molar refractivity (Wildman–Crippen MR) is 66.7 cm³/mol. The predicted octanol–water partition coefficient (Wildman–Crippen LogP) is 3.26. The van der Waals surface area contributed by atoms with Crippen molar-refractivity contribution in [2.24, 2.45) is 0 Å². The van der Waals surface area contributed by atoms with Crippen LogP contribution in [0.25, 0.3) is 0 Å². The lowest BCUT2D eigenvalue weighted by atomic mass is 9.78. The van der Waals surface area contributed by atoms with E-state index in [-0.39, 0.29) is 5.54 Å². The van der Waals surface area contributed by atoms with Gasteiger partial charge in [-0.15, -0.1) is 0 Å². The Kier molecular flexibility index (Phi) is 2.87. The molecule has 1 aliphatic rings. The summed E-state index contributed by atoms with van der Waals surface area (Å²) in [6.07, 6.45) is 3.81. The Hall–Kier alpha value is -1.12. The first kappa shape index (κ1) is 11.4. The fourth-order valence-corrected chi connectivity index (χ4v) is 2.06. The van der Waals surface area contributed by atoms with E-state index in [1.165, 1.54) is 19.3 Å². The van der Waals surface area contributed by atoms with Gasteiger partial charge in [-0.25, -0.2) is 9.97 Å². The molecule has 0 unspecified atom stereocenters. The summed E-state index contributed by atoms with van der Waals surface area (Å²) in [5.41, 5.74) is 1.30. The van der Waals surface area contributed by atoms with Crippen LogP contribution in [0.4, 0.5) is 5.82 Å². The zero-order valence-electron chi connectivity index (χ0n) is 10.7. The lowest BCUT2D eigenvalue weighted by Crippen LogP contribution is -2.42. The average molecular weight is 219 g/mol. The summed E-state index contributed by atoms with van der Waals surface area (Å²) in [7, 11) is 0. The van der Waals surface area contributed by atoms with E-state index in [0.717, 1.165) is 17.3 Å². The van der Waals surface area contributed by atoms with E-state index < -0.39 is 0 Å². The van der Waals surface area contributed by atoms with Crippen molar-refractivity contribution in [2.75, 3.05) is 5.32 Å². The van der Waals surface area contributed by atoms with Crippen LogP contribution in [0.1, 0.15) is 57.5 Å². The van der Waals surface area contributed by atoms with Crippen LogP contribution in [-0.4, -0.2) is 15.5 Å². The third-order valence-corrected chi connectivity index (χ3v) is 3.27. The summed E-state index contributed by atoms with van der Waals surface area (Å²) in [5.74, 6) is 2.30. The van der Waals surface area contributed by atoms with Gasteiger partial charge in [-0.2, -0.15) is 0 Å². The van der Waals surface area contributed by atoms with Gasteiger partial charge >= 0.3 is 0 Å². The molecule has 1 saturated carbocycles. The molecule has 16 heavy (non-hydrogen) atoms. The third kappa shape index (κ3) is 2.34. The zero-order valence-corrected chi connectivity index (χ0v) is 10.7. The molecular weight excluding hydrogens is 198 g/mol. The fourth-order valence-electron chi connectivity index (χ4n) is 2.06. The van der Waals surface area contributed by atoms with Gasteiger partial charge in [0.15, 0.2) is 0 Å². The summed E-state index contributed by atoms with van der Waals surface area (Å²) in [5, 5.41) is 3.54. The van der Waals surface area contributed by atoms with E-state index in [2.05, 4.69) is 36.1 Å². The highest BCUT2D eigenvalue weighted by Crippen LogP contribution is 2.34. The van der Waals surface area contributed by atoms with Gasteiger partial charge in [-0.3, -0.25) is 0 Å². The summed E-state index contributed by atoms with van der Waals surface area (Å²) in [6, 6.07) is 2.04. The standard InChI is InChI=1S/C13H21N3/c1-9(2)12-14-10(3)8-11(15-12)16-13(4)6-5-7-13/h8-9H,5-7H2,1-4H3,(H,14,15,16). The largest absolute Gasteiger partial charge is 0.365 e. The number of anilines is 1. The molecule has 3 nitrogen and oxygen atoms in total. The second-order valence-electron chi connectivity index (χ2n) is 5.45. The molecule has 1 heterocycles. The number of aromatic nitrogens is 2. The number of rotatable bonds is 3. The molecule has 2 rings (SSSR count). The Morgan fingerprint density at radius 3 is 2.50 bits per heavy atom. The molecule has 88 valence electrons. The van der Waals surface area contributed by atoms with Crippen LogP contribution < -0.4 is 5.32 Å². The van der Waals surface area contributed by atoms with Gasteiger partial charge < -0.3 is 5.32 Å². The van der Waals surface area contributed by atoms with Crippen LogP contribution in [0.2, 0.25) is 0 Å². The highest BCUT2D eigenvalue weighted by molar-refractivity contribution is 5.40. The second kappa shape index (κ2) is 4.04. The van der Waals surface area contributed by atoms with Crippen LogP contribution in [-0.2, 0) is 0 Å². The first-order chi connectivity index (χ1) is 7.48. The van der Waals surface area contributed by atoms with Gasteiger partial charge in [0, 0.05) is 23.2 Å². The van der Waals surface area contributed by atoms with Crippen molar-refractivity contribution in [3.63, 3.8) is 0 Å². The van der Waals surface area contributed by atoms with E-state index in [9.17, 15) is 0 Å². The molecule has 0 amide bonds. The van der Waals surface area contributed by atoms with Crippen molar-refractivity contribution in [3.05, 3.63) is 17.6 Å². The maximum absolute atomic E-state index is 4.58. The van der Waals surface area contributed by atoms with Gasteiger partial charge in [-0.05, 0) is 33.1 Å². The van der Waals surface area contributed by atoms with Gasteiger partial charge in [-0.1, -0.05) is 13.8 Å². The van der Waals surface area contributed by atoms with E-state index in [1.54, 1.807) is 0 Å². The molecule has 1 aromatic rings.